The molecule has 0 saturated heterocycles. The van der Waals surface area contributed by atoms with Gasteiger partial charge in [-0.15, -0.1) is 0 Å². The summed E-state index contributed by atoms with van der Waals surface area (Å²) < 4.78 is 11.4. The lowest BCUT2D eigenvalue weighted by Gasteiger charge is -2.20. The Morgan fingerprint density at radius 1 is 1.07 bits per heavy atom. The van der Waals surface area contributed by atoms with E-state index in [0.29, 0.717) is 24.7 Å². The molecule has 6 nitrogen and oxygen atoms in total. The molecule has 3 rings (SSSR count). The second-order valence-corrected chi connectivity index (χ2v) is 7.94. The number of hydrogen-bond acceptors (Lipinski definition) is 6. The third-order valence-electron chi connectivity index (χ3n) is 4.23. The smallest absolute Gasteiger partial charge is 0.310 e. The third kappa shape index (κ3) is 6.12. The van der Waals surface area contributed by atoms with Gasteiger partial charge in [0, 0.05) is 23.9 Å². The van der Waals surface area contributed by atoms with Gasteiger partial charge < -0.3 is 15.2 Å². The van der Waals surface area contributed by atoms with Crippen molar-refractivity contribution in [1.82, 2.24) is 9.97 Å². The molecule has 0 unspecified atom stereocenters. The number of benzene rings is 2. The molecule has 2 aromatic carbocycles. The molecule has 0 radical (unpaired) electrons. The molecule has 0 aliphatic rings. The minimum absolute atomic E-state index is 0.160. The van der Waals surface area contributed by atoms with E-state index in [1.165, 1.54) is 0 Å². The van der Waals surface area contributed by atoms with Crippen molar-refractivity contribution in [2.24, 2.45) is 5.73 Å². The normalized spacial score (nSPS) is 11.2. The van der Waals surface area contributed by atoms with Crippen LogP contribution in [0.2, 0.25) is 0 Å². The van der Waals surface area contributed by atoms with Crippen molar-refractivity contribution in [2.45, 2.75) is 45.9 Å². The summed E-state index contributed by atoms with van der Waals surface area (Å²) in [5, 5.41) is 0. The molecule has 0 aliphatic heterocycles. The van der Waals surface area contributed by atoms with Crippen molar-refractivity contribution in [3.63, 3.8) is 0 Å². The fraction of sp³-hybridized carbons (Fsp3) is 0.292. The highest BCUT2D eigenvalue weighted by molar-refractivity contribution is 5.74. The lowest BCUT2D eigenvalue weighted by molar-refractivity contribution is -0.153. The zero-order valence-corrected chi connectivity index (χ0v) is 17.6. The summed E-state index contributed by atoms with van der Waals surface area (Å²) >= 11 is 0. The Morgan fingerprint density at radius 3 is 2.63 bits per heavy atom. The van der Waals surface area contributed by atoms with Crippen LogP contribution in [0.1, 0.15) is 37.6 Å². The molecular weight excluding hydrogens is 378 g/mol. The highest BCUT2D eigenvalue weighted by Gasteiger charge is 2.18. The number of nitrogens with zero attached hydrogens (tertiary/aromatic N) is 2. The van der Waals surface area contributed by atoms with E-state index in [2.05, 4.69) is 9.97 Å². The first-order valence-corrected chi connectivity index (χ1v) is 9.88. The predicted molar refractivity (Wildman–Crippen MR) is 116 cm³/mol. The summed E-state index contributed by atoms with van der Waals surface area (Å²) in [6.45, 7) is 6.29. The van der Waals surface area contributed by atoms with Gasteiger partial charge in [0.1, 0.15) is 18.0 Å². The lowest BCUT2D eigenvalue weighted by atomic mass is 10.1. The maximum Gasteiger partial charge on any atom is 0.310 e. The van der Waals surface area contributed by atoms with Crippen molar-refractivity contribution >= 4 is 5.97 Å². The van der Waals surface area contributed by atoms with E-state index in [4.69, 9.17) is 15.2 Å². The zero-order valence-electron chi connectivity index (χ0n) is 17.6. The number of nitrogens with two attached hydrogens (primary N) is 1. The zero-order chi connectivity index (χ0) is 21.6. The molecule has 3 aromatic rings. The van der Waals surface area contributed by atoms with Crippen LogP contribution < -0.4 is 10.5 Å². The minimum atomic E-state index is -0.517. The lowest BCUT2D eigenvalue weighted by Crippen LogP contribution is -2.25. The molecule has 0 aliphatic carbocycles. The van der Waals surface area contributed by atoms with Gasteiger partial charge in [-0.05, 0) is 44.5 Å². The second-order valence-electron chi connectivity index (χ2n) is 7.94. The largest absolute Gasteiger partial charge is 0.489 e. The van der Waals surface area contributed by atoms with Crippen LogP contribution in [0.3, 0.4) is 0 Å². The molecule has 0 atom stereocenters. The molecular formula is C24H27N3O3. The van der Waals surface area contributed by atoms with Gasteiger partial charge in [0.15, 0.2) is 5.82 Å². The van der Waals surface area contributed by atoms with Gasteiger partial charge in [0.25, 0.3) is 0 Å². The van der Waals surface area contributed by atoms with Gasteiger partial charge in [-0.3, -0.25) is 4.79 Å². The summed E-state index contributed by atoms with van der Waals surface area (Å²) in [6.07, 6.45) is 1.87. The number of carbonyl (C=O) groups excluding carboxylic acids is 1. The van der Waals surface area contributed by atoms with Crippen molar-refractivity contribution in [2.75, 3.05) is 0 Å². The van der Waals surface area contributed by atoms with E-state index >= 15 is 0 Å². The molecule has 2 N–H and O–H groups in total. The molecule has 6 heteroatoms. The van der Waals surface area contributed by atoms with Crippen LogP contribution in [0.15, 0.2) is 60.8 Å². The average molecular weight is 405 g/mol. The van der Waals surface area contributed by atoms with E-state index in [1.807, 2.05) is 69.3 Å². The highest BCUT2D eigenvalue weighted by Crippen LogP contribution is 2.23. The molecule has 0 bridgehead atoms. The van der Waals surface area contributed by atoms with Crippen molar-refractivity contribution in [1.29, 1.82) is 0 Å². The maximum atomic E-state index is 12.2. The summed E-state index contributed by atoms with van der Waals surface area (Å²) in [5.41, 5.74) is 8.61. The van der Waals surface area contributed by atoms with Crippen molar-refractivity contribution in [3.8, 4) is 17.1 Å². The fourth-order valence-corrected chi connectivity index (χ4v) is 2.93. The molecule has 156 valence electrons. The Kier molecular flexibility index (Phi) is 6.79. The topological polar surface area (TPSA) is 87.3 Å². The minimum Gasteiger partial charge on any atom is -0.489 e. The number of rotatable bonds is 7. The number of esters is 1. The van der Waals surface area contributed by atoms with Gasteiger partial charge in [0.05, 0.1) is 12.1 Å². The van der Waals surface area contributed by atoms with Crippen LogP contribution in [0.4, 0.5) is 0 Å². The van der Waals surface area contributed by atoms with Crippen LogP contribution in [-0.4, -0.2) is 21.5 Å². The second kappa shape index (κ2) is 9.50. The summed E-state index contributed by atoms with van der Waals surface area (Å²) in [5.74, 6) is 1.01. The average Bonchev–Trinajstić information content (AvgIpc) is 2.72. The van der Waals surface area contributed by atoms with Gasteiger partial charge in [-0.2, -0.15) is 0 Å². The Morgan fingerprint density at radius 2 is 1.87 bits per heavy atom. The maximum absolute atomic E-state index is 12.2. The molecule has 0 spiro atoms. The molecule has 1 aromatic heterocycles. The van der Waals surface area contributed by atoms with E-state index in [-0.39, 0.29) is 12.4 Å². The molecule has 0 saturated carbocycles. The Balaban J connectivity index is 1.71. The first-order chi connectivity index (χ1) is 14.3. The number of carbonyl (C=O) groups is 1. The number of hydrogen-bond donors (Lipinski definition) is 1. The Labute approximate surface area is 177 Å². The predicted octanol–water partition coefficient (Wildman–Crippen LogP) is 4.07. The SMILES string of the molecule is CC(C)(C)OC(=O)Cc1ccccc1OCc1cccc(-c2nccc(CN)n2)c1. The van der Waals surface area contributed by atoms with E-state index in [9.17, 15) is 4.79 Å². The standard InChI is InChI=1S/C24H27N3O3/c1-24(2,3)30-22(28)14-18-8-4-5-10-21(18)29-16-17-7-6-9-19(13-17)23-26-12-11-20(15-25)27-23/h4-13H,14-16,25H2,1-3H3. The molecule has 0 amide bonds. The monoisotopic (exact) mass is 405 g/mol. The number of para-hydroxylation sites is 1. The third-order valence-corrected chi connectivity index (χ3v) is 4.23. The van der Waals surface area contributed by atoms with Crippen LogP contribution in [0, 0.1) is 0 Å². The van der Waals surface area contributed by atoms with Crippen LogP contribution in [-0.2, 0) is 29.1 Å². The van der Waals surface area contributed by atoms with Crippen LogP contribution in [0.5, 0.6) is 5.75 Å². The first kappa shape index (κ1) is 21.5. The van der Waals surface area contributed by atoms with Gasteiger partial charge >= 0.3 is 5.97 Å². The van der Waals surface area contributed by atoms with E-state index < -0.39 is 5.60 Å². The van der Waals surface area contributed by atoms with Crippen molar-refractivity contribution in [3.05, 3.63) is 77.6 Å². The van der Waals surface area contributed by atoms with Gasteiger partial charge in [-0.25, -0.2) is 9.97 Å². The van der Waals surface area contributed by atoms with E-state index in [1.54, 1.807) is 12.3 Å². The quantitative estimate of drug-likeness (QED) is 0.596. The first-order valence-electron chi connectivity index (χ1n) is 9.88. The number of aromatic nitrogens is 2. The van der Waals surface area contributed by atoms with Crippen LogP contribution >= 0.6 is 0 Å². The highest BCUT2D eigenvalue weighted by atomic mass is 16.6. The van der Waals surface area contributed by atoms with Crippen LogP contribution in [0.25, 0.3) is 11.4 Å². The summed E-state index contributed by atoms with van der Waals surface area (Å²) in [7, 11) is 0. The van der Waals surface area contributed by atoms with Gasteiger partial charge in [-0.1, -0.05) is 36.4 Å². The summed E-state index contributed by atoms with van der Waals surface area (Å²) in [4.78, 5) is 21.0. The van der Waals surface area contributed by atoms with Crippen molar-refractivity contribution < 1.29 is 14.3 Å². The Bertz CT molecular complexity index is 1010. The molecule has 1 heterocycles. The van der Waals surface area contributed by atoms with E-state index in [0.717, 1.165) is 22.4 Å². The number of ether oxygens (including phenoxy) is 2. The fourth-order valence-electron chi connectivity index (χ4n) is 2.93. The molecule has 0 fully saturated rings. The molecule has 30 heavy (non-hydrogen) atoms. The summed E-state index contributed by atoms with van der Waals surface area (Å²) in [6, 6.07) is 17.2. The van der Waals surface area contributed by atoms with Gasteiger partial charge in [0.2, 0.25) is 0 Å². The Hall–Kier alpha value is -3.25.